The van der Waals surface area contributed by atoms with E-state index in [0.29, 0.717) is 29.0 Å². The highest BCUT2D eigenvalue weighted by atomic mass is 16.2. The van der Waals surface area contributed by atoms with Crippen molar-refractivity contribution in [3.8, 4) is 24.2 Å². The molecule has 6 rings (SSSR count). The molecule has 4 heteroatoms. The number of nitrogens with zero attached hydrogens (tertiary/aromatic N) is 2. The summed E-state index contributed by atoms with van der Waals surface area (Å²) in [6.07, 6.45) is 12.1. The minimum atomic E-state index is -0.204. The number of carbonyl (C=O) groups excluding carboxylic acids is 2. The Morgan fingerprint density at radius 2 is 1.43 bits per heavy atom. The monoisotopic (exact) mass is 578 g/mol. The Labute approximate surface area is 260 Å². The summed E-state index contributed by atoms with van der Waals surface area (Å²) >= 11 is 0. The number of imide groups is 1. The summed E-state index contributed by atoms with van der Waals surface area (Å²) in [7, 11) is 0. The van der Waals surface area contributed by atoms with Gasteiger partial charge in [-0.15, -0.1) is 6.42 Å². The molecule has 0 N–H and O–H groups in total. The van der Waals surface area contributed by atoms with E-state index in [-0.39, 0.29) is 11.8 Å². The second-order valence-electron chi connectivity index (χ2n) is 11.9. The summed E-state index contributed by atoms with van der Waals surface area (Å²) in [4.78, 5) is 28.7. The molecule has 0 saturated carbocycles. The number of unbranched alkanes of at least 4 members (excludes halogenated alkanes) is 2. The van der Waals surface area contributed by atoms with Crippen LogP contribution in [0.15, 0.2) is 66.7 Å². The highest BCUT2D eigenvalue weighted by Crippen LogP contribution is 2.34. The number of aryl methyl sites for hydroxylation is 1. The first kappa shape index (κ1) is 29.3. The van der Waals surface area contributed by atoms with Crippen LogP contribution in [0.4, 0.5) is 0 Å². The Kier molecular flexibility index (Phi) is 8.28. The topological polar surface area (TPSA) is 42.3 Å². The van der Waals surface area contributed by atoms with Crippen molar-refractivity contribution in [2.75, 3.05) is 6.54 Å². The molecule has 220 valence electrons. The van der Waals surface area contributed by atoms with Gasteiger partial charge in [-0.25, -0.2) is 0 Å². The third-order valence-electron chi connectivity index (χ3n) is 9.08. The third-order valence-corrected chi connectivity index (χ3v) is 9.08. The zero-order chi connectivity index (χ0) is 30.8. The van der Waals surface area contributed by atoms with Crippen molar-refractivity contribution in [3.63, 3.8) is 0 Å². The Morgan fingerprint density at radius 1 is 0.750 bits per heavy atom. The van der Waals surface area contributed by atoms with Gasteiger partial charge in [0.1, 0.15) is 0 Å². The number of rotatable bonds is 9. The van der Waals surface area contributed by atoms with Gasteiger partial charge in [0.2, 0.25) is 0 Å². The molecule has 2 heterocycles. The maximum atomic E-state index is 13.6. The predicted molar refractivity (Wildman–Crippen MR) is 181 cm³/mol. The van der Waals surface area contributed by atoms with Gasteiger partial charge >= 0.3 is 0 Å². The molecular formula is C40H38N2O2. The molecule has 2 amide bonds. The van der Waals surface area contributed by atoms with Crippen molar-refractivity contribution in [1.29, 1.82) is 0 Å². The van der Waals surface area contributed by atoms with E-state index >= 15 is 0 Å². The first-order valence-electron chi connectivity index (χ1n) is 16.0. The lowest BCUT2D eigenvalue weighted by Gasteiger charge is -2.30. The van der Waals surface area contributed by atoms with Gasteiger partial charge in [0, 0.05) is 68.1 Å². The van der Waals surface area contributed by atoms with Crippen molar-refractivity contribution in [1.82, 2.24) is 9.47 Å². The summed E-state index contributed by atoms with van der Waals surface area (Å²) in [6, 6.07) is 22.0. The molecule has 0 fully saturated rings. The average molecular weight is 579 g/mol. The molecule has 0 bridgehead atoms. The molecule has 0 saturated heterocycles. The van der Waals surface area contributed by atoms with E-state index in [1.165, 1.54) is 15.9 Å². The lowest BCUT2D eigenvalue weighted by Crippen LogP contribution is -2.43. The Balaban J connectivity index is 1.39. The van der Waals surface area contributed by atoms with E-state index in [0.717, 1.165) is 77.9 Å². The lowest BCUT2D eigenvalue weighted by atomic mass is 9.90. The first-order chi connectivity index (χ1) is 21.5. The molecule has 4 aromatic carbocycles. The zero-order valence-electron chi connectivity index (χ0n) is 25.9. The SMILES string of the molecule is C#Cc1ccc2c(c1)c1cc(C#Cc3ccc4c5c(cccc35)C(=O)N(CC(CC)CCCC)C4=O)ccc1n2CCCC. The minimum Gasteiger partial charge on any atom is -0.340 e. The van der Waals surface area contributed by atoms with E-state index in [4.69, 9.17) is 6.42 Å². The van der Waals surface area contributed by atoms with Gasteiger partial charge < -0.3 is 4.57 Å². The van der Waals surface area contributed by atoms with Crippen LogP contribution in [0, 0.1) is 30.1 Å². The molecule has 5 aromatic rings. The molecule has 1 unspecified atom stereocenters. The fourth-order valence-corrected chi connectivity index (χ4v) is 6.56. The van der Waals surface area contributed by atoms with Crippen LogP contribution in [-0.2, 0) is 6.54 Å². The van der Waals surface area contributed by atoms with Crippen molar-refractivity contribution < 1.29 is 9.59 Å². The van der Waals surface area contributed by atoms with Gasteiger partial charge in [-0.1, -0.05) is 76.3 Å². The molecule has 4 nitrogen and oxygen atoms in total. The van der Waals surface area contributed by atoms with E-state index in [1.54, 1.807) is 0 Å². The van der Waals surface area contributed by atoms with Crippen LogP contribution >= 0.6 is 0 Å². The molecular weight excluding hydrogens is 540 g/mol. The molecule has 44 heavy (non-hydrogen) atoms. The summed E-state index contributed by atoms with van der Waals surface area (Å²) in [5, 5.41) is 3.82. The van der Waals surface area contributed by atoms with E-state index < -0.39 is 0 Å². The summed E-state index contributed by atoms with van der Waals surface area (Å²) in [6.45, 7) is 7.92. The number of benzene rings is 4. The van der Waals surface area contributed by atoms with Crippen LogP contribution in [-0.4, -0.2) is 27.8 Å². The highest BCUT2D eigenvalue weighted by Gasteiger charge is 2.34. The van der Waals surface area contributed by atoms with E-state index in [1.807, 2.05) is 36.4 Å². The van der Waals surface area contributed by atoms with Crippen LogP contribution in [0.2, 0.25) is 0 Å². The van der Waals surface area contributed by atoms with Crippen molar-refractivity contribution >= 4 is 44.4 Å². The van der Waals surface area contributed by atoms with Gasteiger partial charge in [-0.2, -0.15) is 0 Å². The van der Waals surface area contributed by atoms with Crippen LogP contribution in [0.1, 0.15) is 96.7 Å². The largest absolute Gasteiger partial charge is 0.340 e. The average Bonchev–Trinajstić information content (AvgIpc) is 3.36. The van der Waals surface area contributed by atoms with Gasteiger partial charge in [0.05, 0.1) is 0 Å². The number of hydrogen-bond acceptors (Lipinski definition) is 2. The maximum Gasteiger partial charge on any atom is 0.261 e. The number of fused-ring (bicyclic) bond motifs is 3. The number of carbonyl (C=O) groups is 2. The zero-order valence-corrected chi connectivity index (χ0v) is 25.9. The highest BCUT2D eigenvalue weighted by molar-refractivity contribution is 6.26. The first-order valence-corrected chi connectivity index (χ1v) is 16.0. The molecule has 0 radical (unpaired) electrons. The summed E-state index contributed by atoms with van der Waals surface area (Å²) in [5.41, 5.74) is 6.08. The standard InChI is InChI=1S/C40H38N2O2/c1-5-9-12-28(8-4)26-42-39(43)32-14-11-13-31-30(19-20-33(38(31)32)40(42)44)18-15-29-17-22-37-35(25-29)34-24-27(7-3)16-21-36(34)41(37)23-10-6-2/h3,11,13-14,16-17,19-22,24-25,28H,5-6,8-10,12,23,26H2,1-2,4H3. The Morgan fingerprint density at radius 3 is 2.11 bits per heavy atom. The number of amides is 2. The van der Waals surface area contributed by atoms with Gasteiger partial charge in [-0.3, -0.25) is 14.5 Å². The second-order valence-corrected chi connectivity index (χ2v) is 11.9. The number of aromatic nitrogens is 1. The van der Waals surface area contributed by atoms with E-state index in [2.05, 4.69) is 73.4 Å². The quantitative estimate of drug-likeness (QED) is 0.129. The Hall–Kier alpha value is -4.80. The Bertz CT molecular complexity index is 2010. The van der Waals surface area contributed by atoms with E-state index in [9.17, 15) is 9.59 Å². The van der Waals surface area contributed by atoms with Crippen molar-refractivity contribution in [2.45, 2.75) is 65.8 Å². The smallest absolute Gasteiger partial charge is 0.261 e. The lowest BCUT2D eigenvalue weighted by molar-refractivity contribution is 0.0580. The molecule has 1 aliphatic rings. The van der Waals surface area contributed by atoms with Crippen LogP contribution in [0.3, 0.4) is 0 Å². The number of hydrogen-bond donors (Lipinski definition) is 0. The normalized spacial score (nSPS) is 13.4. The summed E-state index contributed by atoms with van der Waals surface area (Å²) < 4.78 is 2.38. The van der Waals surface area contributed by atoms with Crippen LogP contribution < -0.4 is 0 Å². The molecule has 1 aromatic heterocycles. The maximum absolute atomic E-state index is 13.6. The van der Waals surface area contributed by atoms with Crippen molar-refractivity contribution in [3.05, 3.63) is 94.5 Å². The third kappa shape index (κ3) is 5.16. The van der Waals surface area contributed by atoms with Gasteiger partial charge in [-0.05, 0) is 78.7 Å². The summed E-state index contributed by atoms with van der Waals surface area (Å²) in [5.74, 6) is 9.41. The fourth-order valence-electron chi connectivity index (χ4n) is 6.56. The molecule has 0 aliphatic carbocycles. The van der Waals surface area contributed by atoms with Gasteiger partial charge in [0.15, 0.2) is 0 Å². The molecule has 1 aliphatic heterocycles. The number of terminal acetylenes is 1. The second kappa shape index (κ2) is 12.4. The van der Waals surface area contributed by atoms with Crippen LogP contribution in [0.25, 0.3) is 32.6 Å². The van der Waals surface area contributed by atoms with Crippen LogP contribution in [0.5, 0.6) is 0 Å². The minimum absolute atomic E-state index is 0.204. The fraction of sp³-hybridized carbons (Fsp3) is 0.300. The predicted octanol–water partition coefficient (Wildman–Crippen LogP) is 8.94. The molecule has 1 atom stereocenters. The van der Waals surface area contributed by atoms with Gasteiger partial charge in [0.25, 0.3) is 11.8 Å². The molecule has 0 spiro atoms. The van der Waals surface area contributed by atoms with Crippen molar-refractivity contribution in [2.24, 2.45) is 5.92 Å².